The minimum absolute atomic E-state index is 0.00366. The Balaban J connectivity index is 1.63. The molecule has 3 heterocycles. The number of nitrogens with zero attached hydrogens (tertiary/aromatic N) is 2. The van der Waals surface area contributed by atoms with Crippen LogP contribution in [0, 0.1) is 5.92 Å². The number of β-amino-alcohol motifs (C(OH)–C–C–N with tert-alkyl or cyclic N) is 1. The first kappa shape index (κ1) is 13.1. The van der Waals surface area contributed by atoms with Crippen molar-refractivity contribution in [1.29, 1.82) is 0 Å². The number of aromatic amines is 1. The summed E-state index contributed by atoms with van der Waals surface area (Å²) in [5.74, 6) is -0.0787. The summed E-state index contributed by atoms with van der Waals surface area (Å²) < 4.78 is 0. The third-order valence-corrected chi connectivity index (χ3v) is 3.72. The molecule has 106 valence electrons. The monoisotopic (exact) mass is 274 g/mol. The van der Waals surface area contributed by atoms with Crippen LogP contribution in [0.4, 0.5) is 5.69 Å². The van der Waals surface area contributed by atoms with Crippen LogP contribution in [-0.4, -0.2) is 52.1 Å². The number of amides is 1. The van der Waals surface area contributed by atoms with Gasteiger partial charge in [0.2, 0.25) is 5.91 Å². The summed E-state index contributed by atoms with van der Waals surface area (Å²) in [6.45, 7) is 1.39. The number of aliphatic hydroxyl groups excluding tert-OH is 1. The van der Waals surface area contributed by atoms with E-state index < -0.39 is 6.10 Å². The number of hydrogen-bond donors (Lipinski definition) is 3. The summed E-state index contributed by atoms with van der Waals surface area (Å²) in [6, 6.07) is 3.79. The molecule has 2 aromatic heterocycles. The second-order valence-corrected chi connectivity index (χ2v) is 5.44. The van der Waals surface area contributed by atoms with Crippen molar-refractivity contribution >= 4 is 22.6 Å². The largest absolute Gasteiger partial charge is 0.391 e. The SMILES string of the molecule is CN1C[C@@H](CC(=O)Nc2cnc3[nH]ccc3c2)[C@H](O)C1. The molecule has 2 aromatic rings. The first-order valence-electron chi connectivity index (χ1n) is 6.71. The highest BCUT2D eigenvalue weighted by Gasteiger charge is 2.30. The third kappa shape index (κ3) is 2.66. The van der Waals surface area contributed by atoms with Gasteiger partial charge >= 0.3 is 0 Å². The number of anilines is 1. The standard InChI is InChI=1S/C14H18N4O2/c1-18-7-10(12(19)8-18)5-13(20)17-11-4-9-2-3-15-14(9)16-6-11/h2-4,6,10,12,19H,5,7-8H2,1H3,(H,15,16)(H,17,20)/t10-,12-/m1/s1. The molecule has 1 saturated heterocycles. The van der Waals surface area contributed by atoms with Crippen molar-refractivity contribution in [2.24, 2.45) is 5.92 Å². The van der Waals surface area contributed by atoms with Crippen molar-refractivity contribution in [2.75, 3.05) is 25.5 Å². The summed E-state index contributed by atoms with van der Waals surface area (Å²) >= 11 is 0. The van der Waals surface area contributed by atoms with Crippen molar-refractivity contribution < 1.29 is 9.90 Å². The van der Waals surface area contributed by atoms with E-state index in [1.807, 2.05) is 30.3 Å². The molecular weight excluding hydrogens is 256 g/mol. The van der Waals surface area contributed by atoms with Gasteiger partial charge in [0.05, 0.1) is 18.0 Å². The number of rotatable bonds is 3. The van der Waals surface area contributed by atoms with E-state index in [0.717, 1.165) is 17.6 Å². The maximum Gasteiger partial charge on any atom is 0.224 e. The highest BCUT2D eigenvalue weighted by atomic mass is 16.3. The maximum absolute atomic E-state index is 12.0. The number of H-pyrrole nitrogens is 1. The summed E-state index contributed by atoms with van der Waals surface area (Å²) in [5, 5.41) is 13.7. The van der Waals surface area contributed by atoms with E-state index in [-0.39, 0.29) is 11.8 Å². The Morgan fingerprint density at radius 2 is 2.45 bits per heavy atom. The number of nitrogens with one attached hydrogen (secondary N) is 2. The van der Waals surface area contributed by atoms with Crippen LogP contribution in [-0.2, 0) is 4.79 Å². The number of aromatic nitrogens is 2. The Hall–Kier alpha value is -1.92. The summed E-state index contributed by atoms with van der Waals surface area (Å²) in [7, 11) is 1.95. The molecule has 1 fully saturated rings. The zero-order valence-electron chi connectivity index (χ0n) is 11.3. The Bertz CT molecular complexity index is 624. The molecule has 6 heteroatoms. The molecule has 1 aliphatic rings. The van der Waals surface area contributed by atoms with E-state index in [2.05, 4.69) is 15.3 Å². The van der Waals surface area contributed by atoms with Gasteiger partial charge in [-0.1, -0.05) is 0 Å². The Morgan fingerprint density at radius 1 is 1.60 bits per heavy atom. The molecule has 0 unspecified atom stereocenters. The minimum Gasteiger partial charge on any atom is -0.391 e. The van der Waals surface area contributed by atoms with Crippen molar-refractivity contribution in [3.8, 4) is 0 Å². The highest BCUT2D eigenvalue weighted by Crippen LogP contribution is 2.20. The zero-order valence-corrected chi connectivity index (χ0v) is 11.3. The van der Waals surface area contributed by atoms with Gasteiger partial charge in [-0.05, 0) is 19.2 Å². The van der Waals surface area contributed by atoms with Crippen LogP contribution in [0.2, 0.25) is 0 Å². The number of likely N-dealkylation sites (tertiary alicyclic amines) is 1. The Kier molecular flexibility index (Phi) is 3.42. The molecule has 3 rings (SSSR count). The van der Waals surface area contributed by atoms with Gasteiger partial charge < -0.3 is 20.3 Å². The molecule has 1 aliphatic heterocycles. The van der Waals surface area contributed by atoms with Crippen molar-refractivity contribution in [2.45, 2.75) is 12.5 Å². The Labute approximate surface area is 116 Å². The van der Waals surface area contributed by atoms with Crippen LogP contribution >= 0.6 is 0 Å². The fourth-order valence-corrected chi connectivity index (χ4v) is 2.72. The normalized spacial score (nSPS) is 23.3. The van der Waals surface area contributed by atoms with E-state index in [0.29, 0.717) is 18.7 Å². The molecule has 0 bridgehead atoms. The predicted octanol–water partition coefficient (Wildman–Crippen LogP) is 0.814. The number of aliphatic hydroxyl groups is 1. The lowest BCUT2D eigenvalue weighted by molar-refractivity contribution is -0.117. The van der Waals surface area contributed by atoms with E-state index in [9.17, 15) is 9.90 Å². The second-order valence-electron chi connectivity index (χ2n) is 5.44. The average molecular weight is 274 g/mol. The van der Waals surface area contributed by atoms with Crippen molar-refractivity contribution in [1.82, 2.24) is 14.9 Å². The van der Waals surface area contributed by atoms with E-state index in [1.165, 1.54) is 0 Å². The van der Waals surface area contributed by atoms with Gasteiger partial charge in [-0.3, -0.25) is 4.79 Å². The van der Waals surface area contributed by atoms with Gasteiger partial charge in [0.15, 0.2) is 0 Å². The molecule has 2 atom stereocenters. The van der Waals surface area contributed by atoms with Gasteiger partial charge in [-0.25, -0.2) is 4.98 Å². The Morgan fingerprint density at radius 3 is 3.20 bits per heavy atom. The fourth-order valence-electron chi connectivity index (χ4n) is 2.72. The average Bonchev–Trinajstić information content (AvgIpc) is 2.96. The van der Waals surface area contributed by atoms with Crippen molar-refractivity contribution in [3.63, 3.8) is 0 Å². The zero-order chi connectivity index (χ0) is 14.1. The van der Waals surface area contributed by atoms with Gasteiger partial charge in [-0.2, -0.15) is 0 Å². The number of hydrogen-bond acceptors (Lipinski definition) is 4. The molecule has 0 aromatic carbocycles. The second kappa shape index (κ2) is 5.22. The summed E-state index contributed by atoms with van der Waals surface area (Å²) in [5.41, 5.74) is 1.48. The lowest BCUT2D eigenvalue weighted by Gasteiger charge is -2.13. The summed E-state index contributed by atoms with van der Waals surface area (Å²) in [4.78, 5) is 21.3. The van der Waals surface area contributed by atoms with Crippen LogP contribution in [0.3, 0.4) is 0 Å². The number of carbonyl (C=O) groups excluding carboxylic acids is 1. The molecule has 20 heavy (non-hydrogen) atoms. The molecule has 1 amide bonds. The van der Waals surface area contributed by atoms with Crippen LogP contribution in [0.15, 0.2) is 24.5 Å². The number of carbonyl (C=O) groups is 1. The molecular formula is C14H18N4O2. The lowest BCUT2D eigenvalue weighted by Crippen LogP contribution is -2.24. The molecule has 3 N–H and O–H groups in total. The number of pyridine rings is 1. The van der Waals surface area contributed by atoms with Crippen LogP contribution < -0.4 is 5.32 Å². The van der Waals surface area contributed by atoms with Gasteiger partial charge in [0.1, 0.15) is 5.65 Å². The van der Waals surface area contributed by atoms with Gasteiger partial charge in [0, 0.05) is 37.0 Å². The van der Waals surface area contributed by atoms with Crippen LogP contribution in [0.5, 0.6) is 0 Å². The highest BCUT2D eigenvalue weighted by molar-refractivity contribution is 5.92. The first-order chi connectivity index (χ1) is 9.61. The minimum atomic E-state index is -0.420. The van der Waals surface area contributed by atoms with Gasteiger partial charge in [-0.15, -0.1) is 0 Å². The van der Waals surface area contributed by atoms with Crippen LogP contribution in [0.1, 0.15) is 6.42 Å². The number of fused-ring (bicyclic) bond motifs is 1. The van der Waals surface area contributed by atoms with Crippen LogP contribution in [0.25, 0.3) is 11.0 Å². The molecule has 0 saturated carbocycles. The predicted molar refractivity (Wildman–Crippen MR) is 76.3 cm³/mol. The van der Waals surface area contributed by atoms with E-state index >= 15 is 0 Å². The smallest absolute Gasteiger partial charge is 0.224 e. The first-order valence-corrected chi connectivity index (χ1v) is 6.71. The quantitative estimate of drug-likeness (QED) is 0.774. The molecule has 0 aliphatic carbocycles. The molecule has 0 spiro atoms. The fraction of sp³-hybridized carbons (Fsp3) is 0.429. The van der Waals surface area contributed by atoms with Gasteiger partial charge in [0.25, 0.3) is 0 Å². The topological polar surface area (TPSA) is 81.2 Å². The molecule has 0 radical (unpaired) electrons. The maximum atomic E-state index is 12.0. The summed E-state index contributed by atoms with van der Waals surface area (Å²) in [6.07, 6.45) is 3.36. The number of likely N-dealkylation sites (N-methyl/N-ethyl adjacent to an activating group) is 1. The third-order valence-electron chi connectivity index (χ3n) is 3.72. The van der Waals surface area contributed by atoms with Crippen molar-refractivity contribution in [3.05, 3.63) is 24.5 Å². The molecule has 6 nitrogen and oxygen atoms in total. The van der Waals surface area contributed by atoms with E-state index in [4.69, 9.17) is 0 Å². The van der Waals surface area contributed by atoms with E-state index in [1.54, 1.807) is 6.20 Å². The lowest BCUT2D eigenvalue weighted by atomic mass is 10.0.